The van der Waals surface area contributed by atoms with Crippen LogP contribution in [0.5, 0.6) is 0 Å². The lowest BCUT2D eigenvalue weighted by Gasteiger charge is -2.02. The van der Waals surface area contributed by atoms with E-state index in [1.54, 1.807) is 16.9 Å². The Morgan fingerprint density at radius 3 is 2.79 bits per heavy atom. The van der Waals surface area contributed by atoms with Gasteiger partial charge in [0.25, 0.3) is 5.91 Å². The summed E-state index contributed by atoms with van der Waals surface area (Å²) >= 11 is 0. The highest BCUT2D eigenvalue weighted by atomic mass is 16.4. The SMILES string of the molecule is CCn1ccc(C(=O)Nc2cnn(C)c2C(=O)O)n1. The summed E-state index contributed by atoms with van der Waals surface area (Å²) in [6.07, 6.45) is 2.97. The van der Waals surface area contributed by atoms with E-state index in [9.17, 15) is 9.59 Å². The number of nitrogens with one attached hydrogen (secondary N) is 1. The molecule has 0 unspecified atom stereocenters. The second-order valence-corrected chi connectivity index (χ2v) is 3.85. The second-order valence-electron chi connectivity index (χ2n) is 3.85. The van der Waals surface area contributed by atoms with Crippen LogP contribution in [0.25, 0.3) is 0 Å². The molecule has 1 amide bonds. The lowest BCUT2D eigenvalue weighted by atomic mass is 10.3. The number of carboxylic acids is 1. The molecule has 100 valence electrons. The number of aryl methyl sites for hydroxylation is 2. The quantitative estimate of drug-likeness (QED) is 0.840. The van der Waals surface area contributed by atoms with Crippen LogP contribution >= 0.6 is 0 Å². The van der Waals surface area contributed by atoms with Gasteiger partial charge in [0.15, 0.2) is 11.4 Å². The zero-order valence-electron chi connectivity index (χ0n) is 10.5. The first-order valence-electron chi connectivity index (χ1n) is 5.63. The van der Waals surface area contributed by atoms with Gasteiger partial charge in [0, 0.05) is 19.8 Å². The van der Waals surface area contributed by atoms with Crippen molar-refractivity contribution in [1.29, 1.82) is 0 Å². The summed E-state index contributed by atoms with van der Waals surface area (Å²) in [4.78, 5) is 23.0. The van der Waals surface area contributed by atoms with Gasteiger partial charge in [0.2, 0.25) is 0 Å². The van der Waals surface area contributed by atoms with E-state index < -0.39 is 11.9 Å². The van der Waals surface area contributed by atoms with E-state index in [4.69, 9.17) is 5.11 Å². The first kappa shape index (κ1) is 12.8. The molecule has 0 fully saturated rings. The average molecular weight is 263 g/mol. The summed E-state index contributed by atoms with van der Waals surface area (Å²) < 4.78 is 2.79. The van der Waals surface area contributed by atoms with Crippen molar-refractivity contribution in [3.63, 3.8) is 0 Å². The van der Waals surface area contributed by atoms with Crippen molar-refractivity contribution in [3.05, 3.63) is 29.8 Å². The van der Waals surface area contributed by atoms with Crippen molar-refractivity contribution in [1.82, 2.24) is 19.6 Å². The molecule has 0 saturated carbocycles. The van der Waals surface area contributed by atoms with Crippen LogP contribution in [0.1, 0.15) is 27.9 Å². The number of aromatic carboxylic acids is 1. The van der Waals surface area contributed by atoms with Gasteiger partial charge in [0.1, 0.15) is 0 Å². The molecule has 2 aromatic rings. The number of amides is 1. The largest absolute Gasteiger partial charge is 0.476 e. The predicted octanol–water partition coefficient (Wildman–Crippen LogP) is 0.587. The molecule has 2 N–H and O–H groups in total. The maximum atomic E-state index is 11.9. The van der Waals surface area contributed by atoms with Crippen LogP contribution in [0.3, 0.4) is 0 Å². The molecule has 0 aliphatic rings. The van der Waals surface area contributed by atoms with Gasteiger partial charge < -0.3 is 10.4 Å². The monoisotopic (exact) mass is 263 g/mol. The van der Waals surface area contributed by atoms with Crippen molar-refractivity contribution in [3.8, 4) is 0 Å². The highest BCUT2D eigenvalue weighted by Crippen LogP contribution is 2.14. The van der Waals surface area contributed by atoms with Crippen LogP contribution in [-0.2, 0) is 13.6 Å². The van der Waals surface area contributed by atoms with E-state index in [0.717, 1.165) is 0 Å². The van der Waals surface area contributed by atoms with E-state index in [1.165, 1.54) is 17.9 Å². The van der Waals surface area contributed by atoms with E-state index in [1.807, 2.05) is 6.92 Å². The minimum atomic E-state index is -1.16. The smallest absolute Gasteiger partial charge is 0.356 e. The molecular formula is C11H13N5O3. The zero-order valence-corrected chi connectivity index (χ0v) is 10.5. The fraction of sp³-hybridized carbons (Fsp3) is 0.273. The van der Waals surface area contributed by atoms with Gasteiger partial charge >= 0.3 is 5.97 Å². The summed E-state index contributed by atoms with van der Waals surface area (Å²) in [5.74, 6) is -1.63. The molecule has 19 heavy (non-hydrogen) atoms. The van der Waals surface area contributed by atoms with Crippen LogP contribution in [0.15, 0.2) is 18.5 Å². The fourth-order valence-electron chi connectivity index (χ4n) is 1.63. The number of hydrogen-bond donors (Lipinski definition) is 2. The van der Waals surface area contributed by atoms with E-state index in [-0.39, 0.29) is 17.1 Å². The highest BCUT2D eigenvalue weighted by molar-refractivity contribution is 6.06. The maximum absolute atomic E-state index is 11.9. The van der Waals surface area contributed by atoms with Gasteiger partial charge in [-0.3, -0.25) is 14.2 Å². The summed E-state index contributed by atoms with van der Waals surface area (Å²) in [6.45, 7) is 2.55. The Kier molecular flexibility index (Phi) is 3.32. The summed E-state index contributed by atoms with van der Waals surface area (Å²) in [5, 5.41) is 19.4. The third-order valence-corrected chi connectivity index (χ3v) is 2.59. The van der Waals surface area contributed by atoms with Crippen LogP contribution in [0, 0.1) is 0 Å². The molecule has 2 heterocycles. The van der Waals surface area contributed by atoms with Crippen LogP contribution < -0.4 is 5.32 Å². The lowest BCUT2D eigenvalue weighted by molar-refractivity contribution is 0.0686. The van der Waals surface area contributed by atoms with Crippen molar-refractivity contribution in [2.45, 2.75) is 13.5 Å². The Balaban J connectivity index is 2.21. The van der Waals surface area contributed by atoms with Gasteiger partial charge in [-0.2, -0.15) is 10.2 Å². The number of aromatic nitrogens is 4. The molecule has 8 nitrogen and oxygen atoms in total. The normalized spacial score (nSPS) is 10.4. The molecule has 0 aliphatic heterocycles. The lowest BCUT2D eigenvalue weighted by Crippen LogP contribution is -2.16. The topological polar surface area (TPSA) is 102 Å². The number of nitrogens with zero attached hydrogens (tertiary/aromatic N) is 4. The molecule has 0 aliphatic carbocycles. The van der Waals surface area contributed by atoms with Gasteiger partial charge in [-0.1, -0.05) is 0 Å². The fourth-order valence-corrected chi connectivity index (χ4v) is 1.63. The Bertz CT molecular complexity index is 628. The van der Waals surface area contributed by atoms with Crippen LogP contribution in [0.4, 0.5) is 5.69 Å². The molecule has 0 aromatic carbocycles. The van der Waals surface area contributed by atoms with Crippen LogP contribution in [0.2, 0.25) is 0 Å². The molecule has 0 radical (unpaired) electrons. The molecule has 0 bridgehead atoms. The number of carbonyl (C=O) groups is 2. The van der Waals surface area contributed by atoms with Crippen molar-refractivity contribution in [2.75, 3.05) is 5.32 Å². The molecule has 0 spiro atoms. The van der Waals surface area contributed by atoms with E-state index in [2.05, 4.69) is 15.5 Å². The molecule has 8 heteroatoms. The Hall–Kier alpha value is -2.64. The number of hydrogen-bond acceptors (Lipinski definition) is 4. The first-order chi connectivity index (χ1) is 9.02. The molecule has 0 saturated heterocycles. The minimum Gasteiger partial charge on any atom is -0.476 e. The number of carbonyl (C=O) groups excluding carboxylic acids is 1. The first-order valence-corrected chi connectivity index (χ1v) is 5.63. The van der Waals surface area contributed by atoms with E-state index >= 15 is 0 Å². The Morgan fingerprint density at radius 1 is 1.47 bits per heavy atom. The summed E-state index contributed by atoms with van der Waals surface area (Å²) in [7, 11) is 1.49. The average Bonchev–Trinajstić information content (AvgIpc) is 2.96. The zero-order chi connectivity index (χ0) is 14.0. The number of anilines is 1. The van der Waals surface area contributed by atoms with Crippen molar-refractivity contribution >= 4 is 17.6 Å². The molecule has 2 rings (SSSR count). The molecule has 2 aromatic heterocycles. The number of rotatable bonds is 4. The maximum Gasteiger partial charge on any atom is 0.356 e. The number of carboxylic acid groups (broad SMARTS) is 1. The highest BCUT2D eigenvalue weighted by Gasteiger charge is 2.19. The minimum absolute atomic E-state index is 0.0803. The van der Waals surface area contributed by atoms with E-state index in [0.29, 0.717) is 6.54 Å². The molecule has 0 atom stereocenters. The Labute approximate surface area is 108 Å². The molecular weight excluding hydrogens is 250 g/mol. The third kappa shape index (κ3) is 2.46. The van der Waals surface area contributed by atoms with Crippen molar-refractivity contribution in [2.24, 2.45) is 7.05 Å². The van der Waals surface area contributed by atoms with Gasteiger partial charge in [-0.05, 0) is 13.0 Å². The van der Waals surface area contributed by atoms with Gasteiger partial charge in [-0.25, -0.2) is 4.79 Å². The summed E-state index contributed by atoms with van der Waals surface area (Å²) in [6, 6.07) is 1.57. The van der Waals surface area contributed by atoms with Gasteiger partial charge in [0.05, 0.1) is 11.9 Å². The Morgan fingerprint density at radius 2 is 2.21 bits per heavy atom. The summed E-state index contributed by atoms with van der Waals surface area (Å²) in [5.41, 5.74) is 0.288. The van der Waals surface area contributed by atoms with Crippen molar-refractivity contribution < 1.29 is 14.7 Å². The van der Waals surface area contributed by atoms with Gasteiger partial charge in [-0.15, -0.1) is 0 Å². The predicted molar refractivity (Wildman–Crippen MR) is 66.0 cm³/mol. The van der Waals surface area contributed by atoms with Crippen LogP contribution in [-0.4, -0.2) is 36.5 Å². The second kappa shape index (κ2) is 4.92. The standard InChI is InChI=1S/C11H13N5O3/c1-3-16-5-4-7(14-16)10(17)13-8-6-12-15(2)9(8)11(18)19/h4-6H,3H2,1-2H3,(H,13,17)(H,18,19). The third-order valence-electron chi connectivity index (χ3n) is 2.59.